The summed E-state index contributed by atoms with van der Waals surface area (Å²) >= 11 is 3.52. The fourth-order valence-corrected chi connectivity index (χ4v) is 4.10. The number of furan rings is 1. The molecule has 0 aliphatic heterocycles. The summed E-state index contributed by atoms with van der Waals surface area (Å²) in [5, 5.41) is 0.614. The third-order valence-corrected chi connectivity index (χ3v) is 5.84. The summed E-state index contributed by atoms with van der Waals surface area (Å²) in [4.78, 5) is 19.6. The van der Waals surface area contributed by atoms with Gasteiger partial charge < -0.3 is 9.15 Å². The lowest BCUT2D eigenvalue weighted by Crippen LogP contribution is -1.97. The molecule has 0 amide bonds. The summed E-state index contributed by atoms with van der Waals surface area (Å²) in [7, 11) is 0. The van der Waals surface area contributed by atoms with Crippen molar-refractivity contribution in [1.29, 1.82) is 0 Å². The zero-order valence-corrected chi connectivity index (χ0v) is 19.1. The fourth-order valence-electron chi connectivity index (χ4n) is 3.61. The van der Waals surface area contributed by atoms with E-state index >= 15 is 0 Å². The van der Waals surface area contributed by atoms with E-state index in [1.165, 1.54) is 30.6 Å². The average Bonchev–Trinajstić information content (AvgIpc) is 3.31. The second-order valence-electron chi connectivity index (χ2n) is 7.46. The SMILES string of the molecule is O=Cc1ccc(-c2cc3c(-c4ccc(OCc5cccc(F)c5)c(Br)c4)ncnc3cc2F)o1. The van der Waals surface area contributed by atoms with Crippen molar-refractivity contribution in [3.8, 4) is 28.3 Å². The molecule has 0 unspecified atom stereocenters. The molecule has 0 saturated carbocycles. The molecule has 2 aromatic heterocycles. The van der Waals surface area contributed by atoms with Crippen molar-refractivity contribution in [3.05, 3.63) is 100 Å². The second-order valence-corrected chi connectivity index (χ2v) is 8.31. The minimum absolute atomic E-state index is 0.108. The van der Waals surface area contributed by atoms with E-state index in [9.17, 15) is 13.6 Å². The van der Waals surface area contributed by atoms with Gasteiger partial charge in [-0.25, -0.2) is 18.7 Å². The minimum atomic E-state index is -0.522. The van der Waals surface area contributed by atoms with Gasteiger partial charge in [0.15, 0.2) is 12.0 Å². The van der Waals surface area contributed by atoms with Crippen LogP contribution in [-0.2, 0) is 6.61 Å². The van der Waals surface area contributed by atoms with Gasteiger partial charge in [-0.15, -0.1) is 0 Å². The highest BCUT2D eigenvalue weighted by Gasteiger charge is 2.16. The van der Waals surface area contributed by atoms with Gasteiger partial charge in [-0.1, -0.05) is 12.1 Å². The van der Waals surface area contributed by atoms with Crippen molar-refractivity contribution in [1.82, 2.24) is 9.97 Å². The second kappa shape index (κ2) is 9.15. The number of aromatic nitrogens is 2. The highest BCUT2D eigenvalue weighted by Crippen LogP contribution is 2.35. The molecule has 8 heteroatoms. The van der Waals surface area contributed by atoms with Crippen LogP contribution in [0.25, 0.3) is 33.5 Å². The van der Waals surface area contributed by atoms with Gasteiger partial charge in [0.25, 0.3) is 0 Å². The summed E-state index contributed by atoms with van der Waals surface area (Å²) in [5.74, 6) is 0.0792. The highest BCUT2D eigenvalue weighted by molar-refractivity contribution is 9.10. The Morgan fingerprint density at radius 3 is 2.65 bits per heavy atom. The lowest BCUT2D eigenvalue weighted by atomic mass is 10.0. The van der Waals surface area contributed by atoms with Crippen molar-refractivity contribution in [3.63, 3.8) is 0 Å². The number of rotatable bonds is 6. The first-order chi connectivity index (χ1) is 16.5. The molecule has 5 aromatic rings. The standard InChI is InChI=1S/C26H15BrF2N2O3/c27-21-9-16(4-6-25(21)33-13-15-2-1-3-17(28)8-15)26-20-10-19(24-7-5-18(12-32)34-24)22(29)11-23(20)30-14-31-26/h1-12,14H,13H2. The third-order valence-electron chi connectivity index (χ3n) is 5.22. The summed E-state index contributed by atoms with van der Waals surface area (Å²) in [5.41, 5.74) is 2.68. The van der Waals surface area contributed by atoms with Crippen LogP contribution in [0.5, 0.6) is 5.75 Å². The van der Waals surface area contributed by atoms with Crippen molar-refractivity contribution >= 4 is 33.1 Å². The predicted octanol–water partition coefficient (Wildman–Crippen LogP) is 6.99. The van der Waals surface area contributed by atoms with Crippen LogP contribution >= 0.6 is 15.9 Å². The number of nitrogens with zero attached hydrogens (tertiary/aromatic N) is 2. The van der Waals surface area contributed by atoms with E-state index in [0.29, 0.717) is 38.7 Å². The van der Waals surface area contributed by atoms with E-state index in [1.807, 2.05) is 12.1 Å². The number of ether oxygens (including phenoxy) is 1. The van der Waals surface area contributed by atoms with E-state index in [-0.39, 0.29) is 29.5 Å². The smallest absolute Gasteiger partial charge is 0.185 e. The summed E-state index contributed by atoms with van der Waals surface area (Å²) < 4.78 is 40.1. The normalized spacial score (nSPS) is 11.0. The number of carbonyl (C=O) groups is 1. The van der Waals surface area contributed by atoms with Gasteiger partial charge in [0.05, 0.1) is 21.2 Å². The maximum absolute atomic E-state index is 14.8. The maximum atomic E-state index is 14.8. The number of aldehydes is 1. The molecule has 0 fully saturated rings. The Balaban J connectivity index is 1.50. The van der Waals surface area contributed by atoms with E-state index in [1.54, 1.807) is 30.3 Å². The molecule has 168 valence electrons. The van der Waals surface area contributed by atoms with Gasteiger partial charge in [-0.05, 0) is 70.0 Å². The van der Waals surface area contributed by atoms with Gasteiger partial charge in [0.2, 0.25) is 0 Å². The molecule has 5 nitrogen and oxygen atoms in total. The third kappa shape index (κ3) is 4.32. The average molecular weight is 521 g/mol. The zero-order valence-electron chi connectivity index (χ0n) is 17.5. The largest absolute Gasteiger partial charge is 0.488 e. The van der Waals surface area contributed by atoms with Crippen molar-refractivity contribution in [2.24, 2.45) is 0 Å². The minimum Gasteiger partial charge on any atom is -0.488 e. The number of hydrogen-bond donors (Lipinski definition) is 0. The summed E-state index contributed by atoms with van der Waals surface area (Å²) in [6.07, 6.45) is 1.93. The molecule has 0 aliphatic rings. The monoisotopic (exact) mass is 520 g/mol. The van der Waals surface area contributed by atoms with E-state index in [0.717, 1.165) is 5.56 Å². The number of carbonyl (C=O) groups excluding carboxylic acids is 1. The molecule has 0 N–H and O–H groups in total. The van der Waals surface area contributed by atoms with E-state index in [2.05, 4.69) is 25.9 Å². The first-order valence-electron chi connectivity index (χ1n) is 10.2. The van der Waals surface area contributed by atoms with Crippen LogP contribution in [0.15, 0.2) is 81.9 Å². The fraction of sp³-hybridized carbons (Fsp3) is 0.0385. The highest BCUT2D eigenvalue weighted by atomic mass is 79.9. The van der Waals surface area contributed by atoms with Crippen LogP contribution in [0.4, 0.5) is 8.78 Å². The van der Waals surface area contributed by atoms with Gasteiger partial charge in [-0.2, -0.15) is 0 Å². The summed E-state index contributed by atoms with van der Waals surface area (Å²) in [6.45, 7) is 0.209. The molecule has 0 bridgehead atoms. The first kappa shape index (κ1) is 21.9. The Morgan fingerprint density at radius 1 is 1.00 bits per heavy atom. The van der Waals surface area contributed by atoms with Crippen LogP contribution in [-0.4, -0.2) is 16.3 Å². The number of fused-ring (bicyclic) bond motifs is 1. The molecule has 5 rings (SSSR count). The van der Waals surface area contributed by atoms with Crippen molar-refractivity contribution in [2.45, 2.75) is 6.61 Å². The lowest BCUT2D eigenvalue weighted by molar-refractivity contribution is 0.110. The Labute approximate surface area is 201 Å². The van der Waals surface area contributed by atoms with Crippen molar-refractivity contribution in [2.75, 3.05) is 0 Å². The topological polar surface area (TPSA) is 65.2 Å². The van der Waals surface area contributed by atoms with Gasteiger partial charge in [0.1, 0.15) is 36.1 Å². The maximum Gasteiger partial charge on any atom is 0.185 e. The van der Waals surface area contributed by atoms with Gasteiger partial charge in [-0.3, -0.25) is 4.79 Å². The molecular weight excluding hydrogens is 506 g/mol. The lowest BCUT2D eigenvalue weighted by Gasteiger charge is -2.11. The van der Waals surface area contributed by atoms with Crippen LogP contribution < -0.4 is 4.74 Å². The molecule has 3 aromatic carbocycles. The first-order valence-corrected chi connectivity index (χ1v) is 11.0. The zero-order chi connectivity index (χ0) is 23.7. The molecule has 0 saturated heterocycles. The van der Waals surface area contributed by atoms with E-state index in [4.69, 9.17) is 9.15 Å². The Kier molecular flexibility index (Phi) is 5.90. The molecule has 34 heavy (non-hydrogen) atoms. The van der Waals surface area contributed by atoms with Crippen molar-refractivity contribution < 1.29 is 22.7 Å². The Bertz CT molecular complexity index is 1530. The molecule has 0 atom stereocenters. The molecule has 2 heterocycles. The number of benzene rings is 3. The summed E-state index contributed by atoms with van der Waals surface area (Å²) in [6, 6.07) is 17.6. The molecule has 0 aliphatic carbocycles. The Hall–Kier alpha value is -3.91. The van der Waals surface area contributed by atoms with Gasteiger partial charge in [0, 0.05) is 17.0 Å². The van der Waals surface area contributed by atoms with Crippen LogP contribution in [0.2, 0.25) is 0 Å². The Morgan fingerprint density at radius 2 is 1.88 bits per heavy atom. The quantitative estimate of drug-likeness (QED) is 0.226. The molecule has 0 radical (unpaired) electrons. The van der Waals surface area contributed by atoms with Gasteiger partial charge >= 0.3 is 0 Å². The van der Waals surface area contributed by atoms with Crippen LogP contribution in [0, 0.1) is 11.6 Å². The van der Waals surface area contributed by atoms with E-state index < -0.39 is 5.82 Å². The molecule has 0 spiro atoms. The van der Waals surface area contributed by atoms with Crippen LogP contribution in [0.3, 0.4) is 0 Å². The number of halogens is 3. The number of hydrogen-bond acceptors (Lipinski definition) is 5. The van der Waals surface area contributed by atoms with Crippen LogP contribution in [0.1, 0.15) is 16.1 Å². The molecular formula is C26H15BrF2N2O3. The predicted molar refractivity (Wildman–Crippen MR) is 126 cm³/mol.